The molecule has 0 spiro atoms. The second-order valence-corrected chi connectivity index (χ2v) is 12.9. The van der Waals surface area contributed by atoms with Crippen molar-refractivity contribution in [3.05, 3.63) is 116 Å². The highest BCUT2D eigenvalue weighted by Crippen LogP contribution is 2.40. The lowest BCUT2D eigenvalue weighted by Gasteiger charge is -2.16. The summed E-state index contributed by atoms with van der Waals surface area (Å²) in [6, 6.07) is 26.8. The van der Waals surface area contributed by atoms with Gasteiger partial charge in [-0.05, 0) is 108 Å². The first-order valence-corrected chi connectivity index (χ1v) is 15.8. The van der Waals surface area contributed by atoms with E-state index in [-0.39, 0.29) is 22.3 Å². The number of amidine groups is 1. The van der Waals surface area contributed by atoms with E-state index < -0.39 is 10.1 Å². The van der Waals surface area contributed by atoms with Crippen molar-refractivity contribution in [1.82, 2.24) is 0 Å². The fourth-order valence-corrected chi connectivity index (χ4v) is 6.86. The van der Waals surface area contributed by atoms with Gasteiger partial charge in [0.2, 0.25) is 0 Å². The number of halogens is 1. The van der Waals surface area contributed by atoms with Crippen molar-refractivity contribution >= 4 is 73.0 Å². The maximum Gasteiger partial charge on any atom is 0.339 e. The van der Waals surface area contributed by atoms with Crippen molar-refractivity contribution in [3.8, 4) is 11.5 Å². The number of aryl methyl sites for hydroxylation is 2. The summed E-state index contributed by atoms with van der Waals surface area (Å²) in [6.07, 6.45) is 1.74. The summed E-state index contributed by atoms with van der Waals surface area (Å²) >= 11 is 3.27. The first-order chi connectivity index (χ1) is 19.6. The van der Waals surface area contributed by atoms with Crippen LogP contribution in [0.25, 0.3) is 6.08 Å². The normalized spacial score (nSPS) is 15.5. The van der Waals surface area contributed by atoms with Crippen molar-refractivity contribution in [2.75, 3.05) is 12.0 Å². The number of hydrogen-bond donors (Lipinski definition) is 0. The summed E-state index contributed by atoms with van der Waals surface area (Å²) in [7, 11) is -2.64. The summed E-state index contributed by atoms with van der Waals surface area (Å²) < 4.78 is 37.2. The van der Waals surface area contributed by atoms with Gasteiger partial charge >= 0.3 is 10.1 Å². The molecule has 0 aliphatic carbocycles. The van der Waals surface area contributed by atoms with Crippen LogP contribution < -0.4 is 13.8 Å². The number of methoxy groups -OCH3 is 1. The first-order valence-electron chi connectivity index (χ1n) is 12.5. The van der Waals surface area contributed by atoms with Crippen LogP contribution in [0.5, 0.6) is 11.5 Å². The lowest BCUT2D eigenvalue weighted by atomic mass is 10.1. The molecule has 0 aromatic heterocycles. The van der Waals surface area contributed by atoms with Crippen LogP contribution in [0.1, 0.15) is 16.7 Å². The zero-order valence-corrected chi connectivity index (χ0v) is 26.2. The summed E-state index contributed by atoms with van der Waals surface area (Å²) in [4.78, 5) is 20.6. The zero-order valence-electron chi connectivity index (χ0n) is 22.4. The Morgan fingerprint density at radius 2 is 1.54 bits per heavy atom. The Balaban J connectivity index is 1.52. The van der Waals surface area contributed by atoms with Gasteiger partial charge in [-0.1, -0.05) is 53.6 Å². The van der Waals surface area contributed by atoms with Gasteiger partial charge in [-0.3, -0.25) is 9.69 Å². The highest BCUT2D eigenvalue weighted by Gasteiger charge is 2.35. The molecule has 7 nitrogen and oxygen atoms in total. The third-order valence-electron chi connectivity index (χ3n) is 6.13. The molecule has 5 rings (SSSR count). The minimum absolute atomic E-state index is 0.0357. The Morgan fingerprint density at radius 1 is 0.902 bits per heavy atom. The number of carbonyl (C=O) groups is 1. The molecule has 0 atom stereocenters. The molecule has 4 aromatic carbocycles. The lowest BCUT2D eigenvalue weighted by molar-refractivity contribution is -0.113. The molecule has 1 aliphatic rings. The second kappa shape index (κ2) is 12.1. The zero-order chi connectivity index (χ0) is 29.1. The molecular weight excluding hydrogens is 671 g/mol. The molecule has 1 saturated heterocycles. The average Bonchev–Trinajstić information content (AvgIpc) is 3.26. The molecule has 0 bridgehead atoms. The number of ether oxygens (including phenoxy) is 1. The Labute approximate surface area is 257 Å². The smallest absolute Gasteiger partial charge is 0.339 e. The fraction of sp³-hybridized carbons (Fsp3) is 0.0968. The number of carbonyl (C=O) groups excluding carboxylic acids is 1. The Hall–Kier alpha value is -3.61. The Morgan fingerprint density at radius 3 is 2.17 bits per heavy atom. The van der Waals surface area contributed by atoms with Crippen LogP contribution in [-0.2, 0) is 14.9 Å². The van der Waals surface area contributed by atoms with Gasteiger partial charge in [-0.25, -0.2) is 4.99 Å². The third kappa shape index (κ3) is 6.50. The average molecular weight is 697 g/mol. The lowest BCUT2D eigenvalue weighted by Crippen LogP contribution is -2.28. The number of hydrogen-bond acceptors (Lipinski definition) is 7. The van der Waals surface area contributed by atoms with E-state index in [1.54, 1.807) is 41.3 Å². The van der Waals surface area contributed by atoms with Gasteiger partial charge in [0.15, 0.2) is 16.7 Å². The van der Waals surface area contributed by atoms with E-state index in [2.05, 4.69) is 0 Å². The predicted molar refractivity (Wildman–Crippen MR) is 172 cm³/mol. The second-order valence-electron chi connectivity index (χ2n) is 9.20. The number of nitrogens with zero attached hydrogens (tertiary/aromatic N) is 2. The highest BCUT2D eigenvalue weighted by molar-refractivity contribution is 14.1. The molecule has 0 saturated carbocycles. The Bertz CT molecular complexity index is 1770. The van der Waals surface area contributed by atoms with Crippen LogP contribution >= 0.6 is 34.4 Å². The van der Waals surface area contributed by atoms with Gasteiger partial charge in [0, 0.05) is 0 Å². The van der Waals surface area contributed by atoms with Gasteiger partial charge in [0.25, 0.3) is 5.91 Å². The number of benzene rings is 4. The summed E-state index contributed by atoms with van der Waals surface area (Å²) in [6.45, 7) is 4.00. The fourth-order valence-electron chi connectivity index (χ4n) is 4.00. The molecule has 1 heterocycles. The third-order valence-corrected chi connectivity index (χ3v) is 9.14. The van der Waals surface area contributed by atoms with E-state index >= 15 is 0 Å². The molecule has 0 N–H and O–H groups in total. The van der Waals surface area contributed by atoms with Crippen LogP contribution in [0.3, 0.4) is 0 Å². The van der Waals surface area contributed by atoms with Crippen LogP contribution in [0.15, 0.2) is 106 Å². The molecular formula is C31H25IN2O5S2. The van der Waals surface area contributed by atoms with Gasteiger partial charge in [0.1, 0.15) is 4.90 Å². The van der Waals surface area contributed by atoms with Gasteiger partial charge in [-0.15, -0.1) is 0 Å². The van der Waals surface area contributed by atoms with Gasteiger partial charge in [-0.2, -0.15) is 8.42 Å². The van der Waals surface area contributed by atoms with Crippen molar-refractivity contribution < 1.29 is 22.1 Å². The molecule has 1 aliphatic heterocycles. The minimum Gasteiger partial charge on any atom is -0.493 e. The maximum atomic E-state index is 13.7. The molecule has 0 unspecified atom stereocenters. The number of aliphatic imine (C=N–C) groups is 1. The largest absolute Gasteiger partial charge is 0.493 e. The van der Waals surface area contributed by atoms with Crippen LogP contribution in [0.2, 0.25) is 0 Å². The van der Waals surface area contributed by atoms with E-state index in [1.165, 1.54) is 31.0 Å². The molecule has 208 valence electrons. The van der Waals surface area contributed by atoms with Gasteiger partial charge < -0.3 is 8.92 Å². The number of amides is 1. The summed E-state index contributed by atoms with van der Waals surface area (Å²) in [5, 5.41) is 0.532. The number of anilines is 1. The quantitative estimate of drug-likeness (QED) is 0.113. The van der Waals surface area contributed by atoms with E-state index in [0.29, 0.717) is 24.9 Å². The molecule has 10 heteroatoms. The van der Waals surface area contributed by atoms with E-state index in [9.17, 15) is 13.2 Å². The molecule has 0 radical (unpaired) electrons. The summed E-state index contributed by atoms with van der Waals surface area (Å²) in [5.74, 6) is 0.0840. The van der Waals surface area contributed by atoms with E-state index in [0.717, 1.165) is 16.8 Å². The molecule has 1 amide bonds. The van der Waals surface area contributed by atoms with Crippen molar-refractivity contribution in [2.45, 2.75) is 18.7 Å². The monoisotopic (exact) mass is 696 g/mol. The van der Waals surface area contributed by atoms with Gasteiger partial charge in [0.05, 0.1) is 27.0 Å². The van der Waals surface area contributed by atoms with E-state index in [4.69, 9.17) is 13.9 Å². The van der Waals surface area contributed by atoms with Crippen LogP contribution in [0, 0.1) is 17.4 Å². The standard InChI is InChI=1S/C31H25IN2O5S2/c1-20-9-13-23(14-10-20)33-31-34(24-15-11-21(2)12-16-24)30(35)28(40-31)19-22-17-26(32)29(27(18-22)38-3)39-41(36,37)25-7-5-4-6-8-25/h4-19H,1-3H3/b28-19-,33-31?. The number of thioether (sulfide) groups is 1. The van der Waals surface area contributed by atoms with E-state index in [1.807, 2.05) is 85.0 Å². The minimum atomic E-state index is -4.07. The molecule has 1 fully saturated rings. The molecule has 4 aromatic rings. The summed E-state index contributed by atoms with van der Waals surface area (Å²) in [5.41, 5.74) is 4.30. The Kier molecular flexibility index (Phi) is 8.52. The van der Waals surface area contributed by atoms with Crippen molar-refractivity contribution in [1.29, 1.82) is 0 Å². The predicted octanol–water partition coefficient (Wildman–Crippen LogP) is 7.49. The number of rotatable bonds is 7. The van der Waals surface area contributed by atoms with Crippen LogP contribution in [0.4, 0.5) is 11.4 Å². The SMILES string of the molecule is COc1cc(/C=C2\SC(=Nc3ccc(C)cc3)N(c3ccc(C)cc3)C2=O)cc(I)c1OS(=O)(=O)c1ccccc1. The van der Waals surface area contributed by atoms with Crippen LogP contribution in [-0.4, -0.2) is 26.6 Å². The van der Waals surface area contributed by atoms with Crippen molar-refractivity contribution in [2.24, 2.45) is 4.99 Å². The van der Waals surface area contributed by atoms with Crippen molar-refractivity contribution in [3.63, 3.8) is 0 Å². The maximum absolute atomic E-state index is 13.7. The topological polar surface area (TPSA) is 85.3 Å². The molecule has 41 heavy (non-hydrogen) atoms. The highest BCUT2D eigenvalue weighted by atomic mass is 127. The first kappa shape index (κ1) is 28.9.